The van der Waals surface area contributed by atoms with E-state index in [4.69, 9.17) is 41.4 Å². The van der Waals surface area contributed by atoms with Crippen LogP contribution in [0.25, 0.3) is 0 Å². The lowest BCUT2D eigenvalue weighted by molar-refractivity contribution is -0.135. The Morgan fingerprint density at radius 2 is 1.61 bits per heavy atom. The van der Waals surface area contributed by atoms with Crippen LogP contribution in [0.4, 0.5) is 15.3 Å². The summed E-state index contributed by atoms with van der Waals surface area (Å²) in [4.78, 5) is 48.3. The van der Waals surface area contributed by atoms with Crippen LogP contribution in [0.5, 0.6) is 5.75 Å². The third-order valence-electron chi connectivity index (χ3n) is 5.94. The summed E-state index contributed by atoms with van der Waals surface area (Å²) in [6.45, 7) is 3.60. The van der Waals surface area contributed by atoms with Gasteiger partial charge in [-0.05, 0) is 18.9 Å². The predicted octanol–water partition coefficient (Wildman–Crippen LogP) is 0.268. The van der Waals surface area contributed by atoms with Gasteiger partial charge in [-0.3, -0.25) is 9.69 Å². The van der Waals surface area contributed by atoms with Crippen LogP contribution in [0.3, 0.4) is 0 Å². The second-order valence-corrected chi connectivity index (χ2v) is 9.36. The van der Waals surface area contributed by atoms with Gasteiger partial charge in [-0.25, -0.2) is 14.4 Å². The molecule has 16 heteroatoms. The lowest BCUT2D eigenvalue weighted by Gasteiger charge is -2.32. The number of nitrogens with two attached hydrogens (primary N) is 1. The van der Waals surface area contributed by atoms with Gasteiger partial charge in [0.2, 0.25) is 0 Å². The number of aliphatic carboxylic acids is 1. The van der Waals surface area contributed by atoms with E-state index in [-0.39, 0.29) is 42.4 Å². The minimum Gasteiger partial charge on any atom is -0.496 e. The van der Waals surface area contributed by atoms with Gasteiger partial charge in [-0.1, -0.05) is 11.6 Å². The highest BCUT2D eigenvalue weighted by Gasteiger charge is 2.21. The van der Waals surface area contributed by atoms with Gasteiger partial charge in [0, 0.05) is 44.8 Å². The number of nitrogens with one attached hydrogen (secondary N) is 4. The topological polar surface area (TPSA) is 203 Å². The largest absolute Gasteiger partial charge is 0.496 e. The van der Waals surface area contributed by atoms with E-state index >= 15 is 0 Å². The number of benzene rings is 1. The van der Waals surface area contributed by atoms with Crippen LogP contribution >= 0.6 is 11.6 Å². The van der Waals surface area contributed by atoms with Crippen LogP contribution in [0, 0.1) is 0 Å². The highest BCUT2D eigenvalue weighted by Crippen LogP contribution is 2.29. The molecule has 1 aromatic carbocycles. The first-order chi connectivity index (χ1) is 19.7. The lowest BCUT2D eigenvalue weighted by Crippen LogP contribution is -2.48. The number of piperidine rings is 1. The van der Waals surface area contributed by atoms with Crippen LogP contribution in [0.2, 0.25) is 5.02 Å². The van der Waals surface area contributed by atoms with E-state index in [0.29, 0.717) is 44.3 Å². The van der Waals surface area contributed by atoms with Crippen molar-refractivity contribution in [3.8, 4) is 5.75 Å². The zero-order valence-corrected chi connectivity index (χ0v) is 23.8. The van der Waals surface area contributed by atoms with Crippen LogP contribution in [0.15, 0.2) is 12.1 Å². The number of esters is 1. The number of halogens is 1. The highest BCUT2D eigenvalue weighted by atomic mass is 35.5. The molecule has 1 aliphatic heterocycles. The van der Waals surface area contributed by atoms with Crippen LogP contribution < -0.4 is 31.7 Å². The number of nitrogen functional groups attached to an aromatic ring is 1. The number of ether oxygens (including phenoxy) is 4. The van der Waals surface area contributed by atoms with Gasteiger partial charge >= 0.3 is 24.0 Å². The molecule has 0 unspecified atom stereocenters. The van der Waals surface area contributed by atoms with Crippen molar-refractivity contribution in [2.75, 3.05) is 85.1 Å². The number of hydrogen-bond donors (Lipinski definition) is 6. The van der Waals surface area contributed by atoms with Gasteiger partial charge in [-0.2, -0.15) is 0 Å². The van der Waals surface area contributed by atoms with Gasteiger partial charge < -0.3 is 51.1 Å². The quantitative estimate of drug-likeness (QED) is 0.0811. The summed E-state index contributed by atoms with van der Waals surface area (Å²) in [5.41, 5.74) is 6.28. The summed E-state index contributed by atoms with van der Waals surface area (Å²) in [7, 11) is 1.44. The maximum Gasteiger partial charge on any atom is 0.342 e. The minimum atomic E-state index is -1.12. The molecule has 1 aliphatic rings. The van der Waals surface area contributed by atoms with E-state index in [9.17, 15) is 19.2 Å². The van der Waals surface area contributed by atoms with Gasteiger partial charge in [0.1, 0.15) is 24.5 Å². The smallest absolute Gasteiger partial charge is 0.342 e. The lowest BCUT2D eigenvalue weighted by atomic mass is 10.1. The third-order valence-corrected chi connectivity index (χ3v) is 6.27. The van der Waals surface area contributed by atoms with Crippen molar-refractivity contribution in [2.24, 2.45) is 0 Å². The van der Waals surface area contributed by atoms with Crippen molar-refractivity contribution in [2.45, 2.75) is 18.9 Å². The number of anilines is 1. The molecule has 0 aromatic heterocycles. The molecule has 0 atom stereocenters. The van der Waals surface area contributed by atoms with E-state index in [2.05, 4.69) is 26.2 Å². The van der Waals surface area contributed by atoms with E-state index < -0.39 is 24.5 Å². The average molecular weight is 603 g/mol. The number of carboxylic acids is 1. The zero-order chi connectivity index (χ0) is 30.0. The van der Waals surface area contributed by atoms with E-state index in [0.717, 1.165) is 25.9 Å². The fraction of sp³-hybridized carbons (Fsp3) is 0.600. The number of likely N-dealkylation sites (tertiary alicyclic amines) is 1. The van der Waals surface area contributed by atoms with Crippen LogP contribution in [-0.4, -0.2) is 119 Å². The number of rotatable bonds is 17. The Kier molecular flexibility index (Phi) is 15.4. The Balaban J connectivity index is 1.46. The van der Waals surface area contributed by atoms with E-state index in [1.165, 1.54) is 19.2 Å². The zero-order valence-electron chi connectivity index (χ0n) is 23.0. The van der Waals surface area contributed by atoms with E-state index in [1.807, 2.05) is 0 Å². The van der Waals surface area contributed by atoms with Crippen LogP contribution in [0.1, 0.15) is 23.2 Å². The molecule has 1 saturated heterocycles. The first-order valence-corrected chi connectivity index (χ1v) is 13.5. The van der Waals surface area contributed by atoms with Crippen molar-refractivity contribution >= 4 is 41.3 Å². The number of carbonyl (C=O) groups excluding carboxylic acids is 3. The minimum absolute atomic E-state index is 0.0455. The summed E-state index contributed by atoms with van der Waals surface area (Å²) in [5, 5.41) is 19.0. The standard InChI is InChI=1S/C25H39ClN6O9/c1-38-21-15-20(27)19(26)14-18(21)23(35)41-11-8-32-6-2-17(3-7-32)31-25(37)29-5-10-40-13-12-39-9-4-28-24(36)30-16-22(33)34/h14-15,17H,2-13,16,27H2,1H3,(H,33,34)(H2,28,30,36)(H2,29,31,37). The molecule has 4 amide bonds. The summed E-state index contributed by atoms with van der Waals surface area (Å²) >= 11 is 6.02. The van der Waals surface area contributed by atoms with E-state index in [1.54, 1.807) is 0 Å². The number of nitrogens with zero attached hydrogens (tertiary/aromatic N) is 1. The molecule has 2 rings (SSSR count). The monoisotopic (exact) mass is 602 g/mol. The maximum atomic E-state index is 12.4. The Bertz CT molecular complexity index is 1010. The SMILES string of the molecule is COc1cc(N)c(Cl)cc1C(=O)OCCN1CCC(NC(=O)NCCOCCOCCNC(=O)NCC(=O)O)CC1. The molecule has 0 aliphatic carbocycles. The first kappa shape index (κ1) is 33.7. The molecule has 1 heterocycles. The molecule has 0 bridgehead atoms. The normalized spacial score (nSPS) is 13.7. The fourth-order valence-electron chi connectivity index (χ4n) is 3.79. The molecule has 1 aromatic rings. The van der Waals surface area contributed by atoms with Crippen LogP contribution in [-0.2, 0) is 19.0 Å². The van der Waals surface area contributed by atoms with Gasteiger partial charge in [0.15, 0.2) is 0 Å². The maximum absolute atomic E-state index is 12.4. The number of urea groups is 2. The fourth-order valence-corrected chi connectivity index (χ4v) is 3.96. The average Bonchev–Trinajstić information content (AvgIpc) is 2.94. The predicted molar refractivity (Wildman–Crippen MR) is 149 cm³/mol. The molecule has 0 saturated carbocycles. The Hall–Kier alpha value is -3.53. The molecule has 15 nitrogen and oxygen atoms in total. The Labute approximate surface area is 243 Å². The Morgan fingerprint density at radius 1 is 0.976 bits per heavy atom. The number of carboxylic acid groups (broad SMARTS) is 1. The number of hydrogen-bond acceptors (Lipinski definition) is 10. The molecule has 1 fully saturated rings. The van der Waals surface area contributed by atoms with Crippen molar-refractivity contribution in [1.29, 1.82) is 0 Å². The summed E-state index contributed by atoms with van der Waals surface area (Å²) in [5.74, 6) is -1.36. The number of amides is 4. The molecule has 230 valence electrons. The van der Waals surface area contributed by atoms with Crippen molar-refractivity contribution < 1.29 is 43.2 Å². The number of methoxy groups -OCH3 is 1. The molecule has 7 N–H and O–H groups in total. The van der Waals surface area contributed by atoms with Crippen molar-refractivity contribution in [3.05, 3.63) is 22.7 Å². The summed E-state index contributed by atoms with van der Waals surface area (Å²) < 4.78 is 21.3. The third kappa shape index (κ3) is 13.6. The summed E-state index contributed by atoms with van der Waals surface area (Å²) in [6, 6.07) is 2.12. The van der Waals surface area contributed by atoms with Crippen molar-refractivity contribution in [1.82, 2.24) is 26.2 Å². The molecule has 0 radical (unpaired) electrons. The number of carbonyl (C=O) groups is 4. The second kappa shape index (κ2) is 18.7. The Morgan fingerprint density at radius 3 is 2.22 bits per heavy atom. The molecular formula is C25H39ClN6O9. The highest BCUT2D eigenvalue weighted by molar-refractivity contribution is 6.33. The molecule has 41 heavy (non-hydrogen) atoms. The van der Waals surface area contributed by atoms with Gasteiger partial charge in [0.05, 0.1) is 44.2 Å². The van der Waals surface area contributed by atoms with Gasteiger partial charge in [0.25, 0.3) is 0 Å². The van der Waals surface area contributed by atoms with Crippen molar-refractivity contribution in [3.63, 3.8) is 0 Å². The summed E-state index contributed by atoms with van der Waals surface area (Å²) in [6.07, 6.45) is 1.54. The van der Waals surface area contributed by atoms with Gasteiger partial charge in [-0.15, -0.1) is 0 Å². The molecular weight excluding hydrogens is 564 g/mol. The first-order valence-electron chi connectivity index (χ1n) is 13.2. The second-order valence-electron chi connectivity index (χ2n) is 8.95. The molecule has 0 spiro atoms.